The summed E-state index contributed by atoms with van der Waals surface area (Å²) in [6.07, 6.45) is 1.39. The van der Waals surface area contributed by atoms with Crippen LogP contribution in [0, 0.1) is 6.92 Å². The van der Waals surface area contributed by atoms with Crippen molar-refractivity contribution in [3.63, 3.8) is 0 Å². The first-order valence-corrected chi connectivity index (χ1v) is 7.98. The molecule has 1 fully saturated rings. The van der Waals surface area contributed by atoms with Gasteiger partial charge in [-0.3, -0.25) is 9.79 Å². The lowest BCUT2D eigenvalue weighted by molar-refractivity contribution is -0.140. The van der Waals surface area contributed by atoms with Gasteiger partial charge in [-0.1, -0.05) is 17.7 Å². The highest BCUT2D eigenvalue weighted by atomic mass is 127. The molecule has 0 aliphatic carbocycles. The lowest BCUT2D eigenvalue weighted by atomic mass is 10.2. The van der Waals surface area contributed by atoms with Crippen molar-refractivity contribution in [3.8, 4) is 0 Å². The third-order valence-electron chi connectivity index (χ3n) is 4.00. The van der Waals surface area contributed by atoms with Gasteiger partial charge in [-0.2, -0.15) is 0 Å². The number of hydrogen-bond donors (Lipinski definition) is 2. The predicted molar refractivity (Wildman–Crippen MR) is 108 cm³/mol. The van der Waals surface area contributed by atoms with Crippen LogP contribution in [-0.2, 0) is 9.53 Å². The topological polar surface area (TPSA) is 66.0 Å². The van der Waals surface area contributed by atoms with E-state index in [0.29, 0.717) is 19.0 Å². The van der Waals surface area contributed by atoms with E-state index in [-0.39, 0.29) is 29.9 Å². The van der Waals surface area contributed by atoms with Crippen LogP contribution in [-0.4, -0.2) is 51.8 Å². The van der Waals surface area contributed by atoms with E-state index in [2.05, 4.69) is 56.5 Å². The Morgan fingerprint density at radius 3 is 2.71 bits per heavy atom. The SMILES string of the molecule is CN=C(NCCC(=O)OC)NC1CCN(c2ccc(C)cc2)C1.I. The number of anilines is 1. The summed E-state index contributed by atoms with van der Waals surface area (Å²) < 4.78 is 4.62. The predicted octanol–water partition coefficient (Wildman–Crippen LogP) is 1.92. The first kappa shape index (κ1) is 20.5. The fourth-order valence-electron chi connectivity index (χ4n) is 2.64. The molecule has 1 unspecified atom stereocenters. The van der Waals surface area contributed by atoms with Gasteiger partial charge in [-0.05, 0) is 25.5 Å². The molecule has 0 spiro atoms. The van der Waals surface area contributed by atoms with Crippen molar-refractivity contribution < 1.29 is 9.53 Å². The lowest BCUT2D eigenvalue weighted by Gasteiger charge is -2.20. The molecule has 2 N–H and O–H groups in total. The Morgan fingerprint density at radius 1 is 1.38 bits per heavy atom. The van der Waals surface area contributed by atoms with Gasteiger partial charge in [0, 0.05) is 38.4 Å². The van der Waals surface area contributed by atoms with E-state index >= 15 is 0 Å². The average molecular weight is 446 g/mol. The zero-order valence-corrected chi connectivity index (χ0v) is 16.9. The zero-order valence-electron chi connectivity index (χ0n) is 14.5. The number of guanidine groups is 1. The number of ether oxygens (including phenoxy) is 1. The highest BCUT2D eigenvalue weighted by Gasteiger charge is 2.23. The number of aliphatic imine (C=N–C) groups is 1. The Kier molecular flexibility index (Phi) is 8.88. The first-order valence-electron chi connectivity index (χ1n) is 7.98. The molecule has 0 bridgehead atoms. The van der Waals surface area contributed by atoms with Crippen molar-refractivity contribution >= 4 is 41.6 Å². The number of aryl methyl sites for hydroxylation is 1. The van der Waals surface area contributed by atoms with Crippen LogP contribution in [0.4, 0.5) is 5.69 Å². The maximum absolute atomic E-state index is 11.1. The Balaban J connectivity index is 0.00000288. The largest absolute Gasteiger partial charge is 0.469 e. The number of nitrogens with one attached hydrogen (secondary N) is 2. The number of methoxy groups -OCH3 is 1. The summed E-state index contributed by atoms with van der Waals surface area (Å²) in [6.45, 7) is 4.59. The van der Waals surface area contributed by atoms with Crippen molar-refractivity contribution in [2.45, 2.75) is 25.8 Å². The van der Waals surface area contributed by atoms with Crippen molar-refractivity contribution in [1.29, 1.82) is 0 Å². The van der Waals surface area contributed by atoms with Crippen LogP contribution >= 0.6 is 24.0 Å². The highest BCUT2D eigenvalue weighted by Crippen LogP contribution is 2.20. The molecule has 134 valence electrons. The molecule has 1 saturated heterocycles. The quantitative estimate of drug-likeness (QED) is 0.313. The fourth-order valence-corrected chi connectivity index (χ4v) is 2.64. The maximum Gasteiger partial charge on any atom is 0.307 e. The van der Waals surface area contributed by atoms with Crippen LogP contribution in [0.2, 0.25) is 0 Å². The average Bonchev–Trinajstić information content (AvgIpc) is 3.02. The van der Waals surface area contributed by atoms with Crippen LogP contribution in [0.3, 0.4) is 0 Å². The molecule has 0 aromatic heterocycles. The molecule has 2 rings (SSSR count). The van der Waals surface area contributed by atoms with E-state index in [1.54, 1.807) is 7.05 Å². The van der Waals surface area contributed by atoms with Gasteiger partial charge >= 0.3 is 5.97 Å². The van der Waals surface area contributed by atoms with Crippen molar-refractivity contribution in [1.82, 2.24) is 10.6 Å². The van der Waals surface area contributed by atoms with Gasteiger partial charge in [0.1, 0.15) is 0 Å². The van der Waals surface area contributed by atoms with Gasteiger partial charge < -0.3 is 20.3 Å². The monoisotopic (exact) mass is 446 g/mol. The summed E-state index contributed by atoms with van der Waals surface area (Å²) in [7, 11) is 3.13. The number of rotatable bonds is 5. The Bertz CT molecular complexity index is 548. The Labute approximate surface area is 161 Å². The van der Waals surface area contributed by atoms with Gasteiger partial charge in [-0.25, -0.2) is 0 Å². The zero-order chi connectivity index (χ0) is 16.7. The van der Waals surface area contributed by atoms with Gasteiger partial charge in [0.25, 0.3) is 0 Å². The van der Waals surface area contributed by atoms with Crippen LogP contribution in [0.5, 0.6) is 0 Å². The van der Waals surface area contributed by atoms with E-state index in [4.69, 9.17) is 0 Å². The molecule has 0 amide bonds. The summed E-state index contributed by atoms with van der Waals surface area (Å²) in [5.74, 6) is 0.504. The Hall–Kier alpha value is -1.51. The number of halogens is 1. The molecular formula is C17H27IN4O2. The molecule has 1 aromatic carbocycles. The van der Waals surface area contributed by atoms with Gasteiger partial charge in [0.2, 0.25) is 0 Å². The van der Waals surface area contributed by atoms with E-state index in [1.165, 1.54) is 18.4 Å². The van der Waals surface area contributed by atoms with Gasteiger partial charge in [0.05, 0.1) is 13.5 Å². The van der Waals surface area contributed by atoms with Crippen LogP contribution in [0.25, 0.3) is 0 Å². The summed E-state index contributed by atoms with van der Waals surface area (Å²) in [5, 5.41) is 6.56. The number of esters is 1. The number of carbonyl (C=O) groups excluding carboxylic acids is 1. The molecule has 0 radical (unpaired) electrons. The molecular weight excluding hydrogens is 419 g/mol. The minimum Gasteiger partial charge on any atom is -0.469 e. The molecule has 1 aliphatic rings. The summed E-state index contributed by atoms with van der Waals surface area (Å²) in [5.41, 5.74) is 2.53. The number of carbonyl (C=O) groups is 1. The number of benzene rings is 1. The summed E-state index contributed by atoms with van der Waals surface area (Å²) in [4.78, 5) is 17.7. The van der Waals surface area contributed by atoms with E-state index in [9.17, 15) is 4.79 Å². The second-order valence-electron chi connectivity index (χ2n) is 5.74. The second kappa shape index (κ2) is 10.4. The van der Waals surface area contributed by atoms with Crippen molar-refractivity contribution in [2.75, 3.05) is 38.7 Å². The molecule has 6 nitrogen and oxygen atoms in total. The normalized spacial score (nSPS) is 17.2. The van der Waals surface area contributed by atoms with Crippen molar-refractivity contribution in [2.24, 2.45) is 4.99 Å². The Morgan fingerprint density at radius 2 is 2.08 bits per heavy atom. The van der Waals surface area contributed by atoms with E-state index in [1.807, 2.05) is 0 Å². The van der Waals surface area contributed by atoms with Gasteiger partial charge in [-0.15, -0.1) is 24.0 Å². The minimum atomic E-state index is -0.223. The van der Waals surface area contributed by atoms with Crippen LogP contribution < -0.4 is 15.5 Å². The van der Waals surface area contributed by atoms with E-state index < -0.39 is 0 Å². The molecule has 7 heteroatoms. The van der Waals surface area contributed by atoms with Crippen molar-refractivity contribution in [3.05, 3.63) is 29.8 Å². The third-order valence-corrected chi connectivity index (χ3v) is 4.00. The molecule has 1 heterocycles. The maximum atomic E-state index is 11.1. The molecule has 1 atom stereocenters. The first-order chi connectivity index (χ1) is 11.1. The summed E-state index contributed by atoms with van der Waals surface area (Å²) >= 11 is 0. The molecule has 1 aromatic rings. The lowest BCUT2D eigenvalue weighted by Crippen LogP contribution is -2.45. The van der Waals surface area contributed by atoms with Crippen LogP contribution in [0.1, 0.15) is 18.4 Å². The van der Waals surface area contributed by atoms with Gasteiger partial charge in [0.15, 0.2) is 5.96 Å². The van der Waals surface area contributed by atoms with Crippen LogP contribution in [0.15, 0.2) is 29.3 Å². The smallest absolute Gasteiger partial charge is 0.307 e. The molecule has 0 saturated carbocycles. The molecule has 1 aliphatic heterocycles. The fraction of sp³-hybridized carbons (Fsp3) is 0.529. The summed E-state index contributed by atoms with van der Waals surface area (Å²) in [6, 6.07) is 8.97. The second-order valence-corrected chi connectivity index (χ2v) is 5.74. The molecule has 24 heavy (non-hydrogen) atoms. The standard InChI is InChI=1S/C17H26N4O2.HI/c1-13-4-6-15(7-5-13)21-11-9-14(12-21)20-17(18-2)19-10-8-16(22)23-3;/h4-7,14H,8-12H2,1-3H3,(H2,18,19,20);1H. The highest BCUT2D eigenvalue weighted by molar-refractivity contribution is 14.0. The minimum absolute atomic E-state index is 0. The third kappa shape index (κ3) is 6.18. The van der Waals surface area contributed by atoms with E-state index in [0.717, 1.165) is 25.5 Å². The number of nitrogens with zero attached hydrogens (tertiary/aromatic N) is 2. The number of hydrogen-bond acceptors (Lipinski definition) is 4.